The summed E-state index contributed by atoms with van der Waals surface area (Å²) in [4.78, 5) is 35.6. The molecule has 0 aromatic rings. The van der Waals surface area contributed by atoms with Crippen molar-refractivity contribution in [3.63, 3.8) is 0 Å². The number of quaternary nitrogens is 1. The highest BCUT2D eigenvalue weighted by atomic mass is 31.2. The highest BCUT2D eigenvalue weighted by Gasteiger charge is 2.27. The first kappa shape index (κ1) is 72.9. The fourth-order valence-electron chi connectivity index (χ4n) is 8.33. The third-order valence-corrected chi connectivity index (χ3v) is 14.1. The Balaban J connectivity index is 3.91. The molecule has 0 aliphatic rings. The molecule has 0 saturated carbocycles. The van der Waals surface area contributed by atoms with Gasteiger partial charge in [-0.3, -0.25) is 18.6 Å². The molecule has 0 heterocycles. The highest BCUT2D eigenvalue weighted by Crippen LogP contribution is 2.43. The Kier molecular flexibility index (Phi) is 54.4. The van der Waals surface area contributed by atoms with Crippen LogP contribution in [-0.2, 0) is 32.7 Å². The molecule has 0 spiro atoms. The summed E-state index contributed by atoms with van der Waals surface area (Å²) in [6.45, 7) is 4.27. The minimum Gasteiger partial charge on any atom is -0.462 e. The highest BCUT2D eigenvalue weighted by molar-refractivity contribution is 7.47. The number of hydrogen-bond donors (Lipinski definition) is 1. The first-order valence-corrected chi connectivity index (χ1v) is 32.5. The predicted octanol–water partition coefficient (Wildman–Crippen LogP) is 19.6. The molecular weight excluding hydrogens is 966 g/mol. The predicted molar refractivity (Wildman–Crippen MR) is 325 cm³/mol. The molecule has 10 heteroatoms. The van der Waals surface area contributed by atoms with Crippen LogP contribution in [0.2, 0.25) is 0 Å². The van der Waals surface area contributed by atoms with Crippen LogP contribution in [0.1, 0.15) is 258 Å². The van der Waals surface area contributed by atoms with Crippen LogP contribution in [0.5, 0.6) is 0 Å². The monoisotopic (exact) mass is 1080 g/mol. The summed E-state index contributed by atoms with van der Waals surface area (Å²) >= 11 is 0. The fraction of sp³-hybridized carbons (Fsp3) is 0.727. The third-order valence-electron chi connectivity index (χ3n) is 13.1. The molecule has 0 radical (unpaired) electrons. The summed E-state index contributed by atoms with van der Waals surface area (Å²) in [5, 5.41) is 0. The zero-order chi connectivity index (χ0) is 55.6. The quantitative estimate of drug-likeness (QED) is 0.0211. The lowest BCUT2D eigenvalue weighted by Crippen LogP contribution is -2.37. The zero-order valence-electron chi connectivity index (χ0n) is 49.7. The number of ether oxygens (including phenoxy) is 2. The van der Waals surface area contributed by atoms with E-state index in [9.17, 15) is 19.0 Å². The molecule has 0 aromatic carbocycles. The van der Waals surface area contributed by atoms with E-state index >= 15 is 0 Å². The number of carbonyl (C=O) groups is 2. The number of likely N-dealkylation sites (N-methyl/N-ethyl adjacent to an activating group) is 1. The average molecular weight is 1080 g/mol. The number of hydrogen-bond acceptors (Lipinski definition) is 7. The molecule has 2 unspecified atom stereocenters. The van der Waals surface area contributed by atoms with Crippen molar-refractivity contribution in [1.29, 1.82) is 0 Å². The van der Waals surface area contributed by atoms with E-state index in [0.717, 1.165) is 103 Å². The summed E-state index contributed by atoms with van der Waals surface area (Å²) in [5.74, 6) is -0.806. The molecule has 0 amide bonds. The molecular formula is C66H117NO8P+. The fourth-order valence-corrected chi connectivity index (χ4v) is 9.07. The lowest BCUT2D eigenvalue weighted by Gasteiger charge is -2.24. The molecule has 1 N–H and O–H groups in total. The largest absolute Gasteiger partial charge is 0.472 e. The first-order valence-electron chi connectivity index (χ1n) is 31.0. The Labute approximate surface area is 468 Å². The molecule has 0 aliphatic heterocycles. The lowest BCUT2D eigenvalue weighted by molar-refractivity contribution is -0.870. The molecule has 2 atom stereocenters. The van der Waals surface area contributed by atoms with Gasteiger partial charge in [-0.1, -0.05) is 252 Å². The van der Waals surface area contributed by atoms with E-state index in [1.165, 1.54) is 122 Å². The minimum absolute atomic E-state index is 0.0291. The van der Waals surface area contributed by atoms with Crippen LogP contribution in [0.4, 0.5) is 0 Å². The van der Waals surface area contributed by atoms with Crippen LogP contribution in [0.15, 0.2) is 97.2 Å². The number of rotatable bonds is 56. The van der Waals surface area contributed by atoms with Crippen molar-refractivity contribution in [1.82, 2.24) is 0 Å². The van der Waals surface area contributed by atoms with E-state index in [2.05, 4.69) is 111 Å². The van der Waals surface area contributed by atoms with E-state index < -0.39 is 26.5 Å². The van der Waals surface area contributed by atoms with Gasteiger partial charge in [-0.05, 0) is 89.9 Å². The van der Waals surface area contributed by atoms with Crippen molar-refractivity contribution in [2.45, 2.75) is 264 Å². The second-order valence-electron chi connectivity index (χ2n) is 21.7. The van der Waals surface area contributed by atoms with Crippen LogP contribution in [-0.4, -0.2) is 74.9 Å². The van der Waals surface area contributed by atoms with Gasteiger partial charge >= 0.3 is 19.8 Å². The molecule has 0 aromatic heterocycles. The number of unbranched alkanes of at least 4 members (excludes halogenated alkanes) is 26. The van der Waals surface area contributed by atoms with Gasteiger partial charge in [0.1, 0.15) is 19.8 Å². The van der Waals surface area contributed by atoms with E-state index in [1.807, 2.05) is 21.1 Å². The summed E-state index contributed by atoms with van der Waals surface area (Å²) in [6, 6.07) is 0. The Morgan fingerprint density at radius 2 is 0.750 bits per heavy atom. The van der Waals surface area contributed by atoms with Gasteiger partial charge in [-0.2, -0.15) is 0 Å². The standard InChI is InChI=1S/C66H116NO8P/c1-6-8-10-12-14-16-18-19-20-21-22-23-24-25-26-27-28-29-30-31-32-33-34-35-36-37-38-39-40-41-42-43-44-45-46-47-49-51-53-55-57-59-66(69)75-64(63-74-76(70,71)73-61-60-67(3,4)5)62-72-65(68)58-56-54-52-50-48-17-15-13-11-9-7-2/h8,10,13-16,19-20,22-23,25-26,28-29,31-32,64H,6-7,9,11-12,17-18,21,24,27,30,33-63H2,1-5H3/p+1/b10-8-,15-13-,16-14-,20-19-,23-22-,26-25-,29-28-,32-31-. The smallest absolute Gasteiger partial charge is 0.462 e. The summed E-state index contributed by atoms with van der Waals surface area (Å²) in [5.41, 5.74) is 0. The first-order chi connectivity index (χ1) is 37.0. The molecule has 76 heavy (non-hydrogen) atoms. The number of phosphoric ester groups is 1. The number of allylic oxidation sites excluding steroid dienone is 16. The number of carbonyl (C=O) groups excluding carboxylic acids is 2. The average Bonchev–Trinajstić information content (AvgIpc) is 3.38. The van der Waals surface area contributed by atoms with Crippen molar-refractivity contribution < 1.29 is 42.1 Å². The van der Waals surface area contributed by atoms with Crippen molar-refractivity contribution in [2.75, 3.05) is 47.5 Å². The maximum atomic E-state index is 12.8. The second kappa shape index (κ2) is 56.6. The SMILES string of the molecule is CC/C=C\C/C=C\C/C=C\C/C=C\C/C=C\C/C=C\C/C=C\CCCCCCCCCCCCCCCCCCCCCC(=O)OC(COC(=O)CCCCCCC/C=C\CCCC)COP(=O)(O)OCC[N+](C)(C)C. The molecule has 0 rings (SSSR count). The lowest BCUT2D eigenvalue weighted by atomic mass is 10.0. The number of nitrogens with zero attached hydrogens (tertiary/aromatic N) is 1. The number of phosphoric acid groups is 1. The van der Waals surface area contributed by atoms with Crippen molar-refractivity contribution >= 4 is 19.8 Å². The summed E-state index contributed by atoms with van der Waals surface area (Å²) in [6.07, 6.45) is 78.0. The summed E-state index contributed by atoms with van der Waals surface area (Å²) in [7, 11) is 1.47. The number of esters is 2. The zero-order valence-corrected chi connectivity index (χ0v) is 50.6. The maximum absolute atomic E-state index is 12.8. The second-order valence-corrected chi connectivity index (χ2v) is 23.2. The third kappa shape index (κ3) is 60.2. The van der Waals surface area contributed by atoms with Crippen LogP contribution in [0.3, 0.4) is 0 Å². The van der Waals surface area contributed by atoms with E-state index in [-0.39, 0.29) is 32.0 Å². The van der Waals surface area contributed by atoms with Crippen LogP contribution < -0.4 is 0 Å². The topological polar surface area (TPSA) is 108 Å². The minimum atomic E-state index is -4.38. The van der Waals surface area contributed by atoms with Gasteiger partial charge in [0.05, 0.1) is 27.7 Å². The van der Waals surface area contributed by atoms with Gasteiger partial charge in [0, 0.05) is 12.8 Å². The van der Waals surface area contributed by atoms with Crippen molar-refractivity contribution in [3.05, 3.63) is 97.2 Å². The van der Waals surface area contributed by atoms with E-state index in [1.54, 1.807) is 0 Å². The van der Waals surface area contributed by atoms with Gasteiger partial charge in [0.25, 0.3) is 0 Å². The van der Waals surface area contributed by atoms with Crippen molar-refractivity contribution in [2.24, 2.45) is 0 Å². The Bertz CT molecular complexity index is 1600. The summed E-state index contributed by atoms with van der Waals surface area (Å²) < 4.78 is 34.5. The Morgan fingerprint density at radius 3 is 1.13 bits per heavy atom. The maximum Gasteiger partial charge on any atom is 0.472 e. The Morgan fingerprint density at radius 1 is 0.421 bits per heavy atom. The van der Waals surface area contributed by atoms with Gasteiger partial charge in [-0.15, -0.1) is 0 Å². The van der Waals surface area contributed by atoms with Gasteiger partial charge in [0.2, 0.25) is 0 Å². The van der Waals surface area contributed by atoms with Crippen LogP contribution in [0, 0.1) is 0 Å². The Hall–Kier alpha value is -3.07. The molecule has 9 nitrogen and oxygen atoms in total. The molecule has 0 aliphatic carbocycles. The molecule has 0 bridgehead atoms. The van der Waals surface area contributed by atoms with Gasteiger partial charge in [-0.25, -0.2) is 4.57 Å². The molecule has 0 fully saturated rings. The van der Waals surface area contributed by atoms with E-state index in [4.69, 9.17) is 18.5 Å². The van der Waals surface area contributed by atoms with Crippen molar-refractivity contribution in [3.8, 4) is 0 Å². The van der Waals surface area contributed by atoms with Crippen LogP contribution in [0.25, 0.3) is 0 Å². The van der Waals surface area contributed by atoms with E-state index in [0.29, 0.717) is 17.4 Å². The molecule has 0 saturated heterocycles. The molecule has 438 valence electrons. The normalized spacial score (nSPS) is 13.9. The van der Waals surface area contributed by atoms with Crippen LogP contribution >= 0.6 is 7.82 Å². The van der Waals surface area contributed by atoms with Gasteiger partial charge < -0.3 is 18.9 Å². The van der Waals surface area contributed by atoms with Gasteiger partial charge in [0.15, 0.2) is 6.10 Å².